The second kappa shape index (κ2) is 4.39. The molecule has 0 radical (unpaired) electrons. The highest BCUT2D eigenvalue weighted by Gasteiger charge is 2.24. The summed E-state index contributed by atoms with van der Waals surface area (Å²) < 4.78 is 9.75. The largest absolute Gasteiger partial charge is 0.460 e. The number of carbonyl (C=O) groups is 1. The Bertz CT molecular complexity index is 344. The van der Waals surface area contributed by atoms with Gasteiger partial charge in [-0.05, 0) is 31.5 Å². The number of nitrogens with zero attached hydrogens (tertiary/aromatic N) is 2. The van der Waals surface area contributed by atoms with Gasteiger partial charge in [0.15, 0.2) is 0 Å². The van der Waals surface area contributed by atoms with Crippen molar-refractivity contribution in [3.05, 3.63) is 11.7 Å². The van der Waals surface area contributed by atoms with Gasteiger partial charge in [-0.1, -0.05) is 0 Å². The van der Waals surface area contributed by atoms with Crippen LogP contribution in [0.3, 0.4) is 0 Å². The zero-order chi connectivity index (χ0) is 10.7. The van der Waals surface area contributed by atoms with Crippen LogP contribution in [0.15, 0.2) is 4.52 Å². The zero-order valence-corrected chi connectivity index (χ0v) is 8.52. The van der Waals surface area contributed by atoms with E-state index in [2.05, 4.69) is 15.5 Å². The fourth-order valence-electron chi connectivity index (χ4n) is 1.55. The molecule has 1 fully saturated rings. The topological polar surface area (TPSA) is 77.2 Å². The molecule has 0 spiro atoms. The summed E-state index contributed by atoms with van der Waals surface area (Å²) in [5, 5.41) is 6.79. The average Bonchev–Trinajstić information content (AvgIpc) is 2.89. The maximum atomic E-state index is 11.2. The molecule has 0 saturated carbocycles. The van der Waals surface area contributed by atoms with Crippen LogP contribution < -0.4 is 5.32 Å². The Morgan fingerprint density at radius 2 is 2.60 bits per heavy atom. The lowest BCUT2D eigenvalue weighted by molar-refractivity contribution is 0.0508. The van der Waals surface area contributed by atoms with Gasteiger partial charge in [-0.2, -0.15) is 4.98 Å². The SMILES string of the molecule is CCOC(=O)c1noc(C2CCCN2)n1. The molecule has 1 saturated heterocycles. The van der Waals surface area contributed by atoms with Crippen molar-refractivity contribution >= 4 is 5.97 Å². The Labute approximate surface area is 87.0 Å². The summed E-state index contributed by atoms with van der Waals surface area (Å²) in [5.41, 5.74) is 0. The van der Waals surface area contributed by atoms with Gasteiger partial charge in [0, 0.05) is 0 Å². The number of hydrogen-bond acceptors (Lipinski definition) is 6. The van der Waals surface area contributed by atoms with E-state index < -0.39 is 5.97 Å². The molecular weight excluding hydrogens is 198 g/mol. The first-order valence-corrected chi connectivity index (χ1v) is 5.05. The van der Waals surface area contributed by atoms with Crippen molar-refractivity contribution in [1.82, 2.24) is 15.5 Å². The Morgan fingerprint density at radius 3 is 3.27 bits per heavy atom. The van der Waals surface area contributed by atoms with Gasteiger partial charge in [-0.15, -0.1) is 0 Å². The molecule has 0 aromatic carbocycles. The van der Waals surface area contributed by atoms with Gasteiger partial charge < -0.3 is 14.6 Å². The Balaban J connectivity index is 2.06. The molecule has 1 aromatic rings. The van der Waals surface area contributed by atoms with Crippen LogP contribution in [0, 0.1) is 0 Å². The van der Waals surface area contributed by atoms with Gasteiger partial charge in [-0.3, -0.25) is 0 Å². The highest BCUT2D eigenvalue weighted by molar-refractivity contribution is 5.84. The highest BCUT2D eigenvalue weighted by Crippen LogP contribution is 2.21. The molecule has 0 aliphatic carbocycles. The van der Waals surface area contributed by atoms with Crippen LogP contribution in [0.25, 0.3) is 0 Å². The number of nitrogens with one attached hydrogen (secondary N) is 1. The zero-order valence-electron chi connectivity index (χ0n) is 8.52. The summed E-state index contributed by atoms with van der Waals surface area (Å²) in [5.74, 6) is -0.0680. The average molecular weight is 211 g/mol. The highest BCUT2D eigenvalue weighted by atomic mass is 16.5. The van der Waals surface area contributed by atoms with E-state index in [9.17, 15) is 4.79 Å². The number of rotatable bonds is 3. The number of ether oxygens (including phenoxy) is 1. The third-order valence-electron chi connectivity index (χ3n) is 2.26. The number of esters is 1. The smallest absolute Gasteiger partial charge is 0.379 e. The lowest BCUT2D eigenvalue weighted by Crippen LogP contribution is -2.13. The molecule has 6 nitrogen and oxygen atoms in total. The molecule has 1 aliphatic rings. The minimum atomic E-state index is -0.537. The Hall–Kier alpha value is -1.43. The van der Waals surface area contributed by atoms with Gasteiger partial charge >= 0.3 is 5.97 Å². The monoisotopic (exact) mass is 211 g/mol. The molecule has 0 bridgehead atoms. The van der Waals surface area contributed by atoms with E-state index in [0.717, 1.165) is 19.4 Å². The van der Waals surface area contributed by atoms with Crippen molar-refractivity contribution < 1.29 is 14.1 Å². The van der Waals surface area contributed by atoms with Crippen LogP contribution in [-0.4, -0.2) is 29.3 Å². The number of aromatic nitrogens is 2. The second-order valence-electron chi connectivity index (χ2n) is 3.33. The van der Waals surface area contributed by atoms with Gasteiger partial charge in [0.2, 0.25) is 5.89 Å². The van der Waals surface area contributed by atoms with Crippen LogP contribution in [0.5, 0.6) is 0 Å². The molecule has 1 atom stereocenters. The van der Waals surface area contributed by atoms with E-state index in [4.69, 9.17) is 9.26 Å². The summed E-state index contributed by atoms with van der Waals surface area (Å²) in [4.78, 5) is 15.2. The first-order valence-electron chi connectivity index (χ1n) is 5.05. The molecule has 15 heavy (non-hydrogen) atoms. The molecule has 1 aliphatic heterocycles. The molecule has 1 unspecified atom stereocenters. The molecular formula is C9H13N3O3. The van der Waals surface area contributed by atoms with Gasteiger partial charge in [0.25, 0.3) is 5.82 Å². The van der Waals surface area contributed by atoms with Crippen molar-refractivity contribution in [2.24, 2.45) is 0 Å². The molecule has 82 valence electrons. The van der Waals surface area contributed by atoms with Crippen molar-refractivity contribution in [1.29, 1.82) is 0 Å². The molecule has 1 N–H and O–H groups in total. The van der Waals surface area contributed by atoms with Gasteiger partial charge in [0.05, 0.1) is 12.6 Å². The standard InChI is InChI=1S/C9H13N3O3/c1-2-14-9(13)7-11-8(15-12-7)6-4-3-5-10-6/h6,10H,2-5H2,1H3. The van der Waals surface area contributed by atoms with Crippen LogP contribution in [0.1, 0.15) is 42.3 Å². The normalized spacial score (nSPS) is 20.5. The number of hydrogen-bond donors (Lipinski definition) is 1. The minimum Gasteiger partial charge on any atom is -0.460 e. The lowest BCUT2D eigenvalue weighted by Gasteiger charge is -2.01. The van der Waals surface area contributed by atoms with Gasteiger partial charge in [0.1, 0.15) is 0 Å². The first-order chi connectivity index (χ1) is 7.31. The fraction of sp³-hybridized carbons (Fsp3) is 0.667. The Morgan fingerprint density at radius 1 is 1.73 bits per heavy atom. The number of carbonyl (C=O) groups excluding carboxylic acids is 1. The molecule has 6 heteroatoms. The Kier molecular flexibility index (Phi) is 2.96. The molecule has 2 heterocycles. The van der Waals surface area contributed by atoms with Crippen molar-refractivity contribution in [3.63, 3.8) is 0 Å². The van der Waals surface area contributed by atoms with Crippen LogP contribution in [0.2, 0.25) is 0 Å². The van der Waals surface area contributed by atoms with Crippen LogP contribution >= 0.6 is 0 Å². The predicted molar refractivity (Wildman–Crippen MR) is 50.2 cm³/mol. The summed E-state index contributed by atoms with van der Waals surface area (Å²) in [7, 11) is 0. The first kappa shape index (κ1) is 10.1. The summed E-state index contributed by atoms with van der Waals surface area (Å²) in [6, 6.07) is 0.0840. The molecule has 2 rings (SSSR count). The van der Waals surface area contributed by atoms with E-state index in [-0.39, 0.29) is 11.9 Å². The maximum absolute atomic E-state index is 11.2. The van der Waals surface area contributed by atoms with E-state index in [0.29, 0.717) is 12.5 Å². The molecule has 0 amide bonds. The summed E-state index contributed by atoms with van der Waals surface area (Å²) >= 11 is 0. The summed E-state index contributed by atoms with van der Waals surface area (Å²) in [6.45, 7) is 2.99. The minimum absolute atomic E-state index is 0.000509. The van der Waals surface area contributed by atoms with Crippen LogP contribution in [0.4, 0.5) is 0 Å². The summed E-state index contributed by atoms with van der Waals surface area (Å²) in [6.07, 6.45) is 2.05. The van der Waals surface area contributed by atoms with E-state index >= 15 is 0 Å². The fourth-order valence-corrected chi connectivity index (χ4v) is 1.55. The second-order valence-corrected chi connectivity index (χ2v) is 3.33. The van der Waals surface area contributed by atoms with Gasteiger partial charge in [-0.25, -0.2) is 4.79 Å². The third-order valence-corrected chi connectivity index (χ3v) is 2.26. The molecule has 1 aromatic heterocycles. The van der Waals surface area contributed by atoms with Crippen molar-refractivity contribution in [3.8, 4) is 0 Å². The van der Waals surface area contributed by atoms with Crippen molar-refractivity contribution in [2.45, 2.75) is 25.8 Å². The van der Waals surface area contributed by atoms with Crippen LogP contribution in [-0.2, 0) is 4.74 Å². The lowest BCUT2D eigenvalue weighted by atomic mass is 10.2. The van der Waals surface area contributed by atoms with E-state index in [1.54, 1.807) is 6.92 Å². The van der Waals surface area contributed by atoms with Crippen molar-refractivity contribution in [2.75, 3.05) is 13.2 Å². The predicted octanol–water partition coefficient (Wildman–Crippen LogP) is 0.671. The quantitative estimate of drug-likeness (QED) is 0.740. The van der Waals surface area contributed by atoms with E-state index in [1.807, 2.05) is 0 Å². The maximum Gasteiger partial charge on any atom is 0.379 e. The van der Waals surface area contributed by atoms with E-state index in [1.165, 1.54) is 0 Å². The third kappa shape index (κ3) is 2.15.